The van der Waals surface area contributed by atoms with E-state index in [2.05, 4.69) is 15.5 Å². The number of benzene rings is 2. The van der Waals surface area contributed by atoms with E-state index in [-0.39, 0.29) is 11.1 Å². The van der Waals surface area contributed by atoms with Crippen LogP contribution in [0.3, 0.4) is 0 Å². The molecule has 0 saturated heterocycles. The molecule has 0 bridgehead atoms. The Balaban J connectivity index is 1.76. The zero-order valence-electron chi connectivity index (χ0n) is 13.8. The largest absolute Gasteiger partial charge is 0.367 e. The number of carbonyl (C=O) groups excluding carboxylic acids is 1. The second-order valence-corrected chi connectivity index (χ2v) is 6.26. The Bertz CT molecular complexity index is 962. The number of hydrogen-bond donors (Lipinski definition) is 1. The van der Waals surface area contributed by atoms with E-state index >= 15 is 0 Å². The third kappa shape index (κ3) is 4.19. The summed E-state index contributed by atoms with van der Waals surface area (Å²) in [6, 6.07) is 16.3. The molecule has 5 nitrogen and oxygen atoms in total. The summed E-state index contributed by atoms with van der Waals surface area (Å²) in [6.45, 7) is 0. The molecule has 26 heavy (non-hydrogen) atoms. The van der Waals surface area contributed by atoms with Crippen LogP contribution in [0.5, 0.6) is 0 Å². The van der Waals surface area contributed by atoms with Gasteiger partial charge in [-0.25, -0.2) is 10.4 Å². The zero-order valence-corrected chi connectivity index (χ0v) is 15.3. The molecule has 3 rings (SSSR count). The summed E-state index contributed by atoms with van der Waals surface area (Å²) in [5.74, 6) is -0.386. The standard InChI is InChI=1S/C19H15Cl2N3O2/c1-26-17(12-5-3-2-4-6-12)19(25)24-22-11-14-9-13-10-15(20)7-8-16(13)23-18(14)21/h2-11,17H,1H3,(H,24,25)/b22-11-/t17-/m0/s1. The number of aromatic nitrogens is 1. The summed E-state index contributed by atoms with van der Waals surface area (Å²) in [6.07, 6.45) is 0.683. The maximum atomic E-state index is 12.3. The molecule has 0 fully saturated rings. The Morgan fingerprint density at radius 3 is 2.69 bits per heavy atom. The van der Waals surface area contributed by atoms with Gasteiger partial charge in [-0.3, -0.25) is 4.79 Å². The lowest BCUT2D eigenvalue weighted by atomic mass is 10.1. The van der Waals surface area contributed by atoms with Crippen LogP contribution in [0.15, 0.2) is 59.7 Å². The second kappa shape index (κ2) is 8.27. The van der Waals surface area contributed by atoms with Crippen LogP contribution in [0.4, 0.5) is 0 Å². The van der Waals surface area contributed by atoms with E-state index in [4.69, 9.17) is 27.9 Å². The van der Waals surface area contributed by atoms with Crippen molar-refractivity contribution in [3.8, 4) is 0 Å². The predicted molar refractivity (Wildman–Crippen MR) is 104 cm³/mol. The monoisotopic (exact) mass is 387 g/mol. The highest BCUT2D eigenvalue weighted by Gasteiger charge is 2.19. The van der Waals surface area contributed by atoms with Crippen LogP contribution < -0.4 is 5.43 Å². The van der Waals surface area contributed by atoms with Crippen molar-refractivity contribution in [3.63, 3.8) is 0 Å². The minimum absolute atomic E-state index is 0.282. The first-order chi connectivity index (χ1) is 12.6. The zero-order chi connectivity index (χ0) is 18.5. The highest BCUT2D eigenvalue weighted by Crippen LogP contribution is 2.22. The molecule has 0 saturated carbocycles. The Morgan fingerprint density at radius 1 is 1.19 bits per heavy atom. The van der Waals surface area contributed by atoms with Crippen LogP contribution >= 0.6 is 23.2 Å². The molecule has 0 unspecified atom stereocenters. The fraction of sp³-hybridized carbons (Fsp3) is 0.105. The van der Waals surface area contributed by atoms with E-state index in [1.54, 1.807) is 24.3 Å². The van der Waals surface area contributed by atoms with E-state index < -0.39 is 6.10 Å². The van der Waals surface area contributed by atoms with Gasteiger partial charge in [0, 0.05) is 23.1 Å². The summed E-state index contributed by atoms with van der Waals surface area (Å²) >= 11 is 12.2. The second-order valence-electron chi connectivity index (χ2n) is 5.47. The molecule has 1 N–H and O–H groups in total. The van der Waals surface area contributed by atoms with Gasteiger partial charge in [-0.15, -0.1) is 0 Å². The van der Waals surface area contributed by atoms with Crippen LogP contribution in [0.25, 0.3) is 10.9 Å². The third-order valence-electron chi connectivity index (χ3n) is 3.71. The number of carbonyl (C=O) groups is 1. The van der Waals surface area contributed by atoms with Crippen molar-refractivity contribution in [2.24, 2.45) is 5.10 Å². The van der Waals surface area contributed by atoms with Crippen LogP contribution in [-0.4, -0.2) is 24.2 Å². The summed E-state index contributed by atoms with van der Waals surface area (Å²) < 4.78 is 5.26. The van der Waals surface area contributed by atoms with Crippen molar-refractivity contribution in [1.29, 1.82) is 0 Å². The number of nitrogens with zero attached hydrogens (tertiary/aromatic N) is 2. The van der Waals surface area contributed by atoms with Gasteiger partial charge in [0.15, 0.2) is 6.10 Å². The first-order valence-electron chi connectivity index (χ1n) is 7.75. The molecular weight excluding hydrogens is 373 g/mol. The average molecular weight is 388 g/mol. The normalized spacial score (nSPS) is 12.4. The molecule has 0 aliphatic carbocycles. The Labute approximate surface area is 160 Å². The number of hydrazone groups is 1. The van der Waals surface area contributed by atoms with Gasteiger partial charge in [-0.05, 0) is 29.8 Å². The lowest BCUT2D eigenvalue weighted by Gasteiger charge is -2.13. The quantitative estimate of drug-likeness (QED) is 0.401. The molecular formula is C19H15Cl2N3O2. The fourth-order valence-corrected chi connectivity index (χ4v) is 2.85. The van der Waals surface area contributed by atoms with E-state index in [0.717, 1.165) is 16.5 Å². The number of hydrogen-bond acceptors (Lipinski definition) is 4. The van der Waals surface area contributed by atoms with Gasteiger partial charge in [0.25, 0.3) is 5.91 Å². The number of amides is 1. The lowest BCUT2D eigenvalue weighted by Crippen LogP contribution is -2.26. The third-order valence-corrected chi connectivity index (χ3v) is 4.25. The Kier molecular flexibility index (Phi) is 5.83. The fourth-order valence-electron chi connectivity index (χ4n) is 2.48. The molecule has 0 spiro atoms. The predicted octanol–water partition coefficient (Wildman–Crippen LogP) is 4.38. The van der Waals surface area contributed by atoms with Gasteiger partial charge in [-0.2, -0.15) is 5.10 Å². The molecule has 7 heteroatoms. The van der Waals surface area contributed by atoms with E-state index in [0.29, 0.717) is 10.6 Å². The molecule has 2 aromatic carbocycles. The van der Waals surface area contributed by atoms with Crippen molar-refractivity contribution < 1.29 is 9.53 Å². The number of rotatable bonds is 5. The average Bonchev–Trinajstić information content (AvgIpc) is 2.64. The Morgan fingerprint density at radius 2 is 1.96 bits per heavy atom. The van der Waals surface area contributed by atoms with Crippen LogP contribution in [-0.2, 0) is 9.53 Å². The molecule has 1 heterocycles. The van der Waals surface area contributed by atoms with Gasteiger partial charge >= 0.3 is 0 Å². The maximum Gasteiger partial charge on any atom is 0.273 e. The summed E-state index contributed by atoms with van der Waals surface area (Å²) in [4.78, 5) is 16.6. The van der Waals surface area contributed by atoms with Crippen molar-refractivity contribution >= 4 is 46.2 Å². The number of pyridine rings is 1. The first-order valence-corrected chi connectivity index (χ1v) is 8.50. The minimum Gasteiger partial charge on any atom is -0.367 e. The Hall–Kier alpha value is -2.47. The van der Waals surface area contributed by atoms with Crippen LogP contribution in [0.2, 0.25) is 10.2 Å². The molecule has 1 aromatic heterocycles. The summed E-state index contributed by atoms with van der Waals surface area (Å²) in [5.41, 5.74) is 4.49. The summed E-state index contributed by atoms with van der Waals surface area (Å²) in [5, 5.41) is 5.67. The van der Waals surface area contributed by atoms with Crippen molar-refractivity contribution in [2.75, 3.05) is 7.11 Å². The number of fused-ring (bicyclic) bond motifs is 1. The smallest absolute Gasteiger partial charge is 0.273 e. The highest BCUT2D eigenvalue weighted by molar-refractivity contribution is 6.33. The van der Waals surface area contributed by atoms with Gasteiger partial charge in [-0.1, -0.05) is 53.5 Å². The molecule has 1 amide bonds. The molecule has 1 atom stereocenters. The number of ether oxygens (including phenoxy) is 1. The summed E-state index contributed by atoms with van der Waals surface area (Å²) in [7, 11) is 1.47. The van der Waals surface area contributed by atoms with Crippen LogP contribution in [0, 0.1) is 0 Å². The van der Waals surface area contributed by atoms with Crippen LogP contribution in [0.1, 0.15) is 17.2 Å². The van der Waals surface area contributed by atoms with Crippen molar-refractivity contribution in [3.05, 3.63) is 75.9 Å². The van der Waals surface area contributed by atoms with E-state index in [1.165, 1.54) is 13.3 Å². The number of methoxy groups -OCH3 is 1. The molecule has 0 aliphatic rings. The topological polar surface area (TPSA) is 63.6 Å². The van der Waals surface area contributed by atoms with Gasteiger partial charge < -0.3 is 4.74 Å². The maximum absolute atomic E-state index is 12.3. The highest BCUT2D eigenvalue weighted by atomic mass is 35.5. The molecule has 0 aliphatic heterocycles. The minimum atomic E-state index is -0.752. The number of halogens is 2. The molecule has 0 radical (unpaired) electrons. The first kappa shape index (κ1) is 18.3. The van der Waals surface area contributed by atoms with Gasteiger partial charge in [0.2, 0.25) is 0 Å². The molecule has 3 aromatic rings. The van der Waals surface area contributed by atoms with Crippen molar-refractivity contribution in [2.45, 2.75) is 6.10 Å². The van der Waals surface area contributed by atoms with Gasteiger partial charge in [0.1, 0.15) is 5.15 Å². The van der Waals surface area contributed by atoms with Crippen molar-refractivity contribution in [1.82, 2.24) is 10.4 Å². The number of nitrogens with one attached hydrogen (secondary N) is 1. The molecule has 132 valence electrons. The van der Waals surface area contributed by atoms with E-state index in [9.17, 15) is 4.79 Å². The van der Waals surface area contributed by atoms with Gasteiger partial charge in [0.05, 0.1) is 11.7 Å². The lowest BCUT2D eigenvalue weighted by molar-refractivity contribution is -0.131. The van der Waals surface area contributed by atoms with E-state index in [1.807, 2.05) is 30.3 Å². The SMILES string of the molecule is CO[C@H](C(=O)N/N=C\c1cc2cc(Cl)ccc2nc1Cl)c1ccccc1.